The lowest BCUT2D eigenvalue weighted by molar-refractivity contribution is 0.101. The first kappa shape index (κ1) is 16.6. The summed E-state index contributed by atoms with van der Waals surface area (Å²) >= 11 is 0. The average molecular weight is 336 g/mol. The normalized spacial score (nSPS) is 30.4. The number of rotatable bonds is 2. The predicted molar refractivity (Wildman–Crippen MR) is 101 cm³/mol. The van der Waals surface area contributed by atoms with E-state index in [9.17, 15) is 4.79 Å². The van der Waals surface area contributed by atoms with Gasteiger partial charge < -0.3 is 4.74 Å². The Labute approximate surface area is 151 Å². The Bertz CT molecular complexity index is 799. The van der Waals surface area contributed by atoms with Gasteiger partial charge in [-0.05, 0) is 85.1 Å². The summed E-state index contributed by atoms with van der Waals surface area (Å²) in [6, 6.07) is 4.25. The molecule has 132 valence electrons. The number of ether oxygens (including phenoxy) is 1. The molecular formula is C23H28O2. The topological polar surface area (TPSA) is 26.3 Å². The first-order valence-corrected chi connectivity index (χ1v) is 9.53. The molecule has 25 heavy (non-hydrogen) atoms. The summed E-state index contributed by atoms with van der Waals surface area (Å²) in [6.07, 6.45) is 10.7. The molecule has 0 N–H and O–H groups in total. The molecule has 0 spiro atoms. The van der Waals surface area contributed by atoms with E-state index in [1.807, 2.05) is 0 Å². The van der Waals surface area contributed by atoms with E-state index < -0.39 is 0 Å². The molecule has 3 aliphatic rings. The van der Waals surface area contributed by atoms with E-state index in [4.69, 9.17) is 4.74 Å². The molecule has 0 radical (unpaired) electrons. The second-order valence-electron chi connectivity index (χ2n) is 8.50. The highest BCUT2D eigenvalue weighted by Gasteiger charge is 2.46. The smallest absolute Gasteiger partial charge is 0.163 e. The number of carbonyl (C=O) groups is 1. The minimum absolute atomic E-state index is 0.0858. The average Bonchev–Trinajstić information content (AvgIpc) is 2.79. The lowest BCUT2D eigenvalue weighted by Crippen LogP contribution is -2.25. The van der Waals surface area contributed by atoms with Gasteiger partial charge in [0.05, 0.1) is 12.7 Å². The van der Waals surface area contributed by atoms with Crippen molar-refractivity contribution in [1.29, 1.82) is 0 Å². The molecular weight excluding hydrogens is 308 g/mol. The molecule has 0 fully saturated rings. The molecule has 3 unspecified atom stereocenters. The summed E-state index contributed by atoms with van der Waals surface area (Å²) in [6.45, 7) is 6.43. The van der Waals surface area contributed by atoms with E-state index in [2.05, 4.69) is 38.1 Å². The summed E-state index contributed by atoms with van der Waals surface area (Å²) in [4.78, 5) is 12.1. The second kappa shape index (κ2) is 5.86. The number of fused-ring (bicyclic) bond motifs is 3. The molecule has 1 aromatic rings. The van der Waals surface area contributed by atoms with E-state index in [-0.39, 0.29) is 5.78 Å². The maximum atomic E-state index is 12.1. The van der Waals surface area contributed by atoms with Gasteiger partial charge in [0.2, 0.25) is 0 Å². The Morgan fingerprint density at radius 3 is 2.80 bits per heavy atom. The standard InChI is InChI=1S/C23H28O2/c1-14-9-21-18-8-6-5-7-16(18)12-23(21,3)13-17-10-22(25-4)20(15(2)24)11-19(14)17/h6,8,10-11,14,21H,5,7,9,12-13H2,1-4H3. The number of hydrogen-bond donors (Lipinski definition) is 0. The maximum absolute atomic E-state index is 12.1. The van der Waals surface area contributed by atoms with Crippen LogP contribution in [0.3, 0.4) is 0 Å². The number of benzene rings is 1. The second-order valence-corrected chi connectivity index (χ2v) is 8.50. The van der Waals surface area contributed by atoms with Crippen molar-refractivity contribution in [2.45, 2.75) is 58.8 Å². The van der Waals surface area contributed by atoms with Crippen LogP contribution in [0.15, 0.2) is 35.4 Å². The van der Waals surface area contributed by atoms with Gasteiger partial charge >= 0.3 is 0 Å². The van der Waals surface area contributed by atoms with Crippen LogP contribution in [0.5, 0.6) is 5.75 Å². The molecule has 2 heteroatoms. The van der Waals surface area contributed by atoms with Crippen LogP contribution in [0.1, 0.15) is 73.9 Å². The van der Waals surface area contributed by atoms with Gasteiger partial charge in [-0.25, -0.2) is 0 Å². The van der Waals surface area contributed by atoms with E-state index in [1.165, 1.54) is 36.8 Å². The summed E-state index contributed by atoms with van der Waals surface area (Å²) in [5.41, 5.74) is 7.06. The molecule has 0 aromatic heterocycles. The molecule has 0 bridgehead atoms. The minimum Gasteiger partial charge on any atom is -0.496 e. The van der Waals surface area contributed by atoms with Crippen molar-refractivity contribution in [2.24, 2.45) is 11.3 Å². The van der Waals surface area contributed by atoms with Gasteiger partial charge in [-0.15, -0.1) is 0 Å². The van der Waals surface area contributed by atoms with Gasteiger partial charge in [0.15, 0.2) is 5.78 Å². The molecule has 1 aromatic carbocycles. The molecule has 3 atom stereocenters. The van der Waals surface area contributed by atoms with Crippen LogP contribution in [0.4, 0.5) is 0 Å². The van der Waals surface area contributed by atoms with Crippen molar-refractivity contribution in [3.05, 3.63) is 52.1 Å². The van der Waals surface area contributed by atoms with Crippen LogP contribution in [0.25, 0.3) is 0 Å². The van der Waals surface area contributed by atoms with E-state index in [1.54, 1.807) is 25.2 Å². The number of carbonyl (C=O) groups excluding carboxylic acids is 1. The molecule has 0 aliphatic heterocycles. The zero-order valence-corrected chi connectivity index (χ0v) is 15.8. The van der Waals surface area contributed by atoms with E-state index in [0.717, 1.165) is 17.7 Å². The third-order valence-electron chi connectivity index (χ3n) is 6.71. The Morgan fingerprint density at radius 1 is 1.28 bits per heavy atom. The Kier molecular flexibility index (Phi) is 3.90. The van der Waals surface area contributed by atoms with Gasteiger partial charge in [-0.2, -0.15) is 0 Å². The Balaban J connectivity index is 1.80. The summed E-state index contributed by atoms with van der Waals surface area (Å²) in [5.74, 6) is 1.92. The fourth-order valence-corrected chi connectivity index (χ4v) is 5.48. The van der Waals surface area contributed by atoms with Gasteiger partial charge in [-0.1, -0.05) is 31.6 Å². The zero-order chi connectivity index (χ0) is 17.8. The molecule has 0 amide bonds. The first-order chi connectivity index (χ1) is 11.9. The SMILES string of the molecule is COc1cc2c(cc1C(C)=O)C(C)CC1C3=C(CCC=C3)CC1(C)C2. The van der Waals surface area contributed by atoms with Gasteiger partial charge in [-0.3, -0.25) is 4.79 Å². The number of Topliss-reactive ketones (excluding diaryl/α,β-unsaturated/α-hetero) is 1. The largest absolute Gasteiger partial charge is 0.496 e. The number of hydrogen-bond acceptors (Lipinski definition) is 2. The lowest BCUT2D eigenvalue weighted by atomic mass is 9.72. The fraction of sp³-hybridized carbons (Fsp3) is 0.522. The molecule has 4 rings (SSSR count). The third kappa shape index (κ3) is 2.58. The number of methoxy groups -OCH3 is 1. The fourth-order valence-electron chi connectivity index (χ4n) is 5.48. The maximum Gasteiger partial charge on any atom is 0.163 e. The van der Waals surface area contributed by atoms with Gasteiger partial charge in [0, 0.05) is 0 Å². The highest BCUT2D eigenvalue weighted by atomic mass is 16.5. The Hall–Kier alpha value is -1.83. The number of allylic oxidation sites excluding steroid dienone is 4. The lowest BCUT2D eigenvalue weighted by Gasteiger charge is -2.32. The predicted octanol–water partition coefficient (Wildman–Crippen LogP) is 5.62. The van der Waals surface area contributed by atoms with Crippen LogP contribution in [-0.4, -0.2) is 12.9 Å². The zero-order valence-electron chi connectivity index (χ0n) is 15.8. The van der Waals surface area contributed by atoms with Gasteiger partial charge in [0.25, 0.3) is 0 Å². The summed E-state index contributed by atoms with van der Waals surface area (Å²) in [7, 11) is 1.67. The van der Waals surface area contributed by atoms with Crippen molar-refractivity contribution < 1.29 is 9.53 Å². The minimum atomic E-state index is 0.0858. The van der Waals surface area contributed by atoms with E-state index >= 15 is 0 Å². The molecule has 3 aliphatic carbocycles. The van der Waals surface area contributed by atoms with Crippen molar-refractivity contribution in [2.75, 3.05) is 7.11 Å². The van der Waals surface area contributed by atoms with Crippen LogP contribution < -0.4 is 4.74 Å². The Morgan fingerprint density at radius 2 is 2.08 bits per heavy atom. The van der Waals surface area contributed by atoms with Crippen molar-refractivity contribution >= 4 is 5.78 Å². The quantitative estimate of drug-likeness (QED) is 0.655. The van der Waals surface area contributed by atoms with Crippen molar-refractivity contribution in [1.82, 2.24) is 0 Å². The van der Waals surface area contributed by atoms with Crippen LogP contribution >= 0.6 is 0 Å². The van der Waals surface area contributed by atoms with Crippen LogP contribution in [0, 0.1) is 11.3 Å². The van der Waals surface area contributed by atoms with Crippen LogP contribution in [-0.2, 0) is 6.42 Å². The molecule has 0 saturated heterocycles. The van der Waals surface area contributed by atoms with Crippen molar-refractivity contribution in [3.63, 3.8) is 0 Å². The highest BCUT2D eigenvalue weighted by molar-refractivity contribution is 5.97. The van der Waals surface area contributed by atoms with Crippen molar-refractivity contribution in [3.8, 4) is 5.75 Å². The first-order valence-electron chi connectivity index (χ1n) is 9.53. The third-order valence-corrected chi connectivity index (χ3v) is 6.71. The molecule has 0 saturated carbocycles. The molecule has 0 heterocycles. The summed E-state index contributed by atoms with van der Waals surface area (Å²) in [5, 5.41) is 0. The van der Waals surface area contributed by atoms with E-state index in [0.29, 0.717) is 17.3 Å². The monoisotopic (exact) mass is 336 g/mol. The highest BCUT2D eigenvalue weighted by Crippen LogP contribution is 2.57. The summed E-state index contributed by atoms with van der Waals surface area (Å²) < 4.78 is 5.55. The van der Waals surface area contributed by atoms with Gasteiger partial charge in [0.1, 0.15) is 5.75 Å². The molecule has 2 nitrogen and oxygen atoms in total. The number of ketones is 1. The van der Waals surface area contributed by atoms with Crippen LogP contribution in [0.2, 0.25) is 0 Å².